The molecule has 0 spiro atoms. The quantitative estimate of drug-likeness (QED) is 0.375. The maximum absolute atomic E-state index is 5.68. The summed E-state index contributed by atoms with van der Waals surface area (Å²) in [5, 5.41) is 0. The second kappa shape index (κ2) is 11.3. The van der Waals surface area contributed by atoms with Crippen LogP contribution in [0.15, 0.2) is 60.4 Å². The van der Waals surface area contributed by atoms with Gasteiger partial charge < -0.3 is 5.73 Å². The highest BCUT2D eigenvalue weighted by atomic mass is 14.5. The van der Waals surface area contributed by atoms with Crippen LogP contribution in [0.1, 0.15) is 70.8 Å². The van der Waals surface area contributed by atoms with Crippen molar-refractivity contribution in [3.63, 3.8) is 0 Å². The summed E-state index contributed by atoms with van der Waals surface area (Å²) in [6.45, 7) is 12.0. The van der Waals surface area contributed by atoms with E-state index in [2.05, 4.69) is 75.6 Å². The van der Waals surface area contributed by atoms with Gasteiger partial charge in [-0.1, -0.05) is 76.3 Å². The average molecular weight is 366 g/mol. The number of rotatable bonds is 9. The lowest BCUT2D eigenvalue weighted by molar-refractivity contribution is 0.167. The predicted octanol–water partition coefficient (Wildman–Crippen LogP) is 6.88. The molecule has 1 heteroatoms. The van der Waals surface area contributed by atoms with Crippen LogP contribution in [0.3, 0.4) is 0 Å². The third kappa shape index (κ3) is 6.52. The van der Waals surface area contributed by atoms with Crippen LogP contribution in [0.5, 0.6) is 0 Å². The molecular weight excluding hydrogens is 326 g/mol. The Bertz CT molecular complexity index is 621. The second-order valence-corrected chi connectivity index (χ2v) is 8.70. The minimum atomic E-state index is 0.444. The topological polar surface area (TPSA) is 26.0 Å². The van der Waals surface area contributed by atoms with E-state index in [0.29, 0.717) is 18.4 Å². The molecule has 1 aliphatic carbocycles. The fraction of sp³-hybridized carbons (Fsp3) is 0.577. The van der Waals surface area contributed by atoms with Crippen molar-refractivity contribution < 1.29 is 0 Å². The zero-order valence-electron chi connectivity index (χ0n) is 17.7. The normalized spacial score (nSPS) is 24.1. The van der Waals surface area contributed by atoms with E-state index in [1.54, 1.807) is 0 Å². The van der Waals surface area contributed by atoms with Crippen LogP contribution in [0, 0.1) is 23.7 Å². The van der Waals surface area contributed by atoms with Crippen molar-refractivity contribution in [1.82, 2.24) is 0 Å². The monoisotopic (exact) mass is 365 g/mol. The Morgan fingerprint density at radius 1 is 1.26 bits per heavy atom. The Labute approximate surface area is 167 Å². The molecule has 0 saturated heterocycles. The van der Waals surface area contributed by atoms with Crippen LogP contribution in [0.2, 0.25) is 0 Å². The molecule has 1 unspecified atom stereocenters. The maximum Gasteiger partial charge on any atom is 0.00212 e. The van der Waals surface area contributed by atoms with Crippen molar-refractivity contribution in [2.75, 3.05) is 6.54 Å². The molecule has 1 aromatic rings. The molecule has 1 nitrogen and oxygen atoms in total. The molecule has 1 aromatic carbocycles. The lowest BCUT2D eigenvalue weighted by Crippen LogP contribution is -2.29. The van der Waals surface area contributed by atoms with Crippen molar-refractivity contribution in [3.05, 3.63) is 65.9 Å². The summed E-state index contributed by atoms with van der Waals surface area (Å²) in [5.74, 6) is 3.45. The van der Waals surface area contributed by atoms with Crippen molar-refractivity contribution >= 4 is 0 Å². The van der Waals surface area contributed by atoms with E-state index in [0.717, 1.165) is 37.0 Å². The molecule has 0 heterocycles. The predicted molar refractivity (Wildman–Crippen MR) is 119 cm³/mol. The summed E-state index contributed by atoms with van der Waals surface area (Å²) in [5.41, 5.74) is 11.9. The van der Waals surface area contributed by atoms with Crippen LogP contribution < -0.4 is 5.73 Å². The Morgan fingerprint density at radius 2 is 2.00 bits per heavy atom. The van der Waals surface area contributed by atoms with Crippen LogP contribution in [-0.4, -0.2) is 6.54 Å². The molecule has 148 valence electrons. The fourth-order valence-electron chi connectivity index (χ4n) is 4.75. The van der Waals surface area contributed by atoms with E-state index in [1.807, 2.05) is 0 Å². The first-order valence-corrected chi connectivity index (χ1v) is 10.9. The molecule has 1 fully saturated rings. The van der Waals surface area contributed by atoms with Gasteiger partial charge in [0, 0.05) is 5.92 Å². The highest BCUT2D eigenvalue weighted by molar-refractivity contribution is 5.24. The van der Waals surface area contributed by atoms with Gasteiger partial charge in [0.2, 0.25) is 0 Å². The largest absolute Gasteiger partial charge is 0.330 e. The van der Waals surface area contributed by atoms with Gasteiger partial charge in [0.25, 0.3) is 0 Å². The first kappa shape index (κ1) is 21.7. The molecule has 4 atom stereocenters. The van der Waals surface area contributed by atoms with Gasteiger partial charge in [-0.25, -0.2) is 0 Å². The van der Waals surface area contributed by atoms with Crippen LogP contribution in [-0.2, 0) is 0 Å². The zero-order chi connectivity index (χ0) is 19.6. The van der Waals surface area contributed by atoms with E-state index in [4.69, 9.17) is 5.73 Å². The lowest BCUT2D eigenvalue weighted by atomic mass is 9.66. The average Bonchev–Trinajstić information content (AvgIpc) is 2.67. The smallest absolute Gasteiger partial charge is 0.00212 e. The number of hydrogen-bond donors (Lipinski definition) is 1. The molecule has 0 aliphatic heterocycles. The van der Waals surface area contributed by atoms with Gasteiger partial charge in [-0.3, -0.25) is 0 Å². The van der Waals surface area contributed by atoms with Crippen molar-refractivity contribution in [2.24, 2.45) is 29.4 Å². The molecule has 27 heavy (non-hydrogen) atoms. The third-order valence-corrected chi connectivity index (χ3v) is 6.35. The molecule has 1 saturated carbocycles. The number of hydrogen-bond acceptors (Lipinski definition) is 1. The summed E-state index contributed by atoms with van der Waals surface area (Å²) in [7, 11) is 0. The molecular formula is C26H39N. The van der Waals surface area contributed by atoms with Gasteiger partial charge in [-0.15, -0.1) is 5.73 Å². The van der Waals surface area contributed by atoms with Gasteiger partial charge >= 0.3 is 0 Å². The minimum Gasteiger partial charge on any atom is -0.330 e. The van der Waals surface area contributed by atoms with Gasteiger partial charge in [0.05, 0.1) is 0 Å². The van der Waals surface area contributed by atoms with E-state index in [9.17, 15) is 0 Å². The van der Waals surface area contributed by atoms with Gasteiger partial charge in [0.1, 0.15) is 0 Å². The number of nitrogens with two attached hydrogens (primary N) is 1. The van der Waals surface area contributed by atoms with Crippen LogP contribution in [0.25, 0.3) is 0 Å². The van der Waals surface area contributed by atoms with E-state index in [1.165, 1.54) is 30.4 Å². The summed E-state index contributed by atoms with van der Waals surface area (Å²) in [6.07, 6.45) is 11.8. The molecule has 2 N–H and O–H groups in total. The third-order valence-electron chi connectivity index (χ3n) is 6.35. The Hall–Kier alpha value is -1.56. The molecule has 0 radical (unpaired) electrons. The van der Waals surface area contributed by atoms with Gasteiger partial charge in [-0.2, -0.15) is 0 Å². The standard InChI is InChI=1S/C26H39N/c1-5-22(26-19-21(4)14-17-25(26)20(2)3)15-16-24(13-9-10-18-27)23-11-7-6-8-12-23/h6-9,11-13,20-21,24-26H,1,10,14-19,27H2,2-4H3/b13-9-/t21?,24-,25+,26+/m1/s1. The van der Waals surface area contributed by atoms with Crippen LogP contribution in [0.4, 0.5) is 0 Å². The Morgan fingerprint density at radius 3 is 2.63 bits per heavy atom. The van der Waals surface area contributed by atoms with E-state index >= 15 is 0 Å². The molecule has 0 amide bonds. The first-order valence-electron chi connectivity index (χ1n) is 10.9. The Balaban J connectivity index is 2.11. The summed E-state index contributed by atoms with van der Waals surface area (Å²) in [6, 6.07) is 10.9. The minimum absolute atomic E-state index is 0.444. The highest BCUT2D eigenvalue weighted by Crippen LogP contribution is 2.43. The van der Waals surface area contributed by atoms with Gasteiger partial charge in [-0.05, 0) is 73.5 Å². The second-order valence-electron chi connectivity index (χ2n) is 8.70. The lowest BCUT2D eigenvalue weighted by Gasteiger charge is -2.38. The van der Waals surface area contributed by atoms with Gasteiger partial charge in [0.15, 0.2) is 0 Å². The summed E-state index contributed by atoms with van der Waals surface area (Å²) >= 11 is 0. The van der Waals surface area contributed by atoms with Crippen LogP contribution >= 0.6 is 0 Å². The summed E-state index contributed by atoms with van der Waals surface area (Å²) in [4.78, 5) is 0. The Kier molecular flexibility index (Phi) is 9.11. The highest BCUT2D eigenvalue weighted by Gasteiger charge is 2.32. The van der Waals surface area contributed by atoms with E-state index < -0.39 is 0 Å². The first-order chi connectivity index (χ1) is 13.1. The van der Waals surface area contributed by atoms with Crippen molar-refractivity contribution in [3.8, 4) is 0 Å². The fourth-order valence-corrected chi connectivity index (χ4v) is 4.75. The molecule has 0 bridgehead atoms. The van der Waals surface area contributed by atoms with E-state index in [-0.39, 0.29) is 0 Å². The zero-order valence-corrected chi connectivity index (χ0v) is 17.7. The number of allylic oxidation sites excluding steroid dienone is 2. The molecule has 2 rings (SSSR count). The number of benzene rings is 1. The van der Waals surface area contributed by atoms with Crippen molar-refractivity contribution in [2.45, 2.75) is 65.2 Å². The SMILES string of the molecule is C=C=C(CC[C@@H](/C=C\CCN)c1ccccc1)[C@@H]1CC(C)CC[C@H]1C(C)C. The molecule has 1 aliphatic rings. The molecule has 0 aromatic heterocycles. The van der Waals surface area contributed by atoms with Crippen molar-refractivity contribution in [1.29, 1.82) is 0 Å². The maximum atomic E-state index is 5.68. The summed E-state index contributed by atoms with van der Waals surface area (Å²) < 4.78 is 0.